The Bertz CT molecular complexity index is 735. The number of rotatable bonds is 7. The summed E-state index contributed by atoms with van der Waals surface area (Å²) < 4.78 is 26.3. The Morgan fingerprint density at radius 3 is 2.40 bits per heavy atom. The molecule has 0 fully saturated rings. The van der Waals surface area contributed by atoms with Gasteiger partial charge in [0.2, 0.25) is 11.8 Å². The first-order valence-electron chi connectivity index (χ1n) is 8.01. The van der Waals surface area contributed by atoms with Crippen molar-refractivity contribution in [1.29, 1.82) is 0 Å². The van der Waals surface area contributed by atoms with E-state index in [1.807, 2.05) is 30.3 Å². The maximum Gasteiger partial charge on any atom is 0.223 e. The van der Waals surface area contributed by atoms with Crippen LogP contribution < -0.4 is 10.2 Å². The predicted molar refractivity (Wildman–Crippen MR) is 92.2 cm³/mol. The van der Waals surface area contributed by atoms with Gasteiger partial charge >= 0.3 is 0 Å². The van der Waals surface area contributed by atoms with E-state index in [0.717, 1.165) is 17.7 Å². The van der Waals surface area contributed by atoms with Crippen LogP contribution in [-0.4, -0.2) is 24.9 Å². The highest BCUT2D eigenvalue weighted by molar-refractivity contribution is 5.91. The summed E-state index contributed by atoms with van der Waals surface area (Å²) in [6.45, 7) is 1.74. The van der Waals surface area contributed by atoms with Crippen molar-refractivity contribution in [3.8, 4) is 0 Å². The van der Waals surface area contributed by atoms with E-state index in [1.165, 1.54) is 17.9 Å². The molecule has 0 radical (unpaired) electrons. The van der Waals surface area contributed by atoms with E-state index in [-0.39, 0.29) is 30.6 Å². The minimum atomic E-state index is -1.02. The lowest BCUT2D eigenvalue weighted by Gasteiger charge is -2.21. The molecule has 2 aromatic carbocycles. The van der Waals surface area contributed by atoms with E-state index < -0.39 is 11.6 Å². The van der Waals surface area contributed by atoms with Crippen molar-refractivity contribution in [3.05, 3.63) is 65.7 Å². The molecule has 0 saturated carbocycles. The predicted octanol–water partition coefficient (Wildman–Crippen LogP) is 3.07. The fraction of sp³-hybridized carbons (Fsp3) is 0.263. The number of hydrogen-bond acceptors (Lipinski definition) is 2. The molecule has 132 valence electrons. The number of nitrogens with zero attached hydrogens (tertiary/aromatic N) is 1. The van der Waals surface area contributed by atoms with Crippen LogP contribution in [0.15, 0.2) is 48.5 Å². The Hall–Kier alpha value is -2.76. The van der Waals surface area contributed by atoms with E-state index in [1.54, 1.807) is 0 Å². The van der Waals surface area contributed by atoms with Crippen molar-refractivity contribution in [1.82, 2.24) is 5.32 Å². The molecule has 4 nitrogen and oxygen atoms in total. The largest absolute Gasteiger partial charge is 0.354 e. The van der Waals surface area contributed by atoms with Gasteiger partial charge in [-0.3, -0.25) is 9.59 Å². The molecular formula is C19H20F2N2O2. The van der Waals surface area contributed by atoms with Gasteiger partial charge in [-0.25, -0.2) is 8.78 Å². The maximum absolute atomic E-state index is 13.3. The molecule has 0 aromatic heterocycles. The molecule has 0 heterocycles. The molecule has 1 N–H and O–H groups in total. The summed E-state index contributed by atoms with van der Waals surface area (Å²) in [4.78, 5) is 24.9. The van der Waals surface area contributed by atoms with Gasteiger partial charge in [-0.2, -0.15) is 0 Å². The second kappa shape index (κ2) is 8.92. The Morgan fingerprint density at radius 2 is 1.76 bits per heavy atom. The van der Waals surface area contributed by atoms with Gasteiger partial charge in [-0.15, -0.1) is 0 Å². The third-order valence-electron chi connectivity index (χ3n) is 3.74. The molecule has 2 aromatic rings. The Morgan fingerprint density at radius 1 is 1.04 bits per heavy atom. The van der Waals surface area contributed by atoms with Crippen molar-refractivity contribution >= 4 is 17.5 Å². The van der Waals surface area contributed by atoms with Gasteiger partial charge in [-0.05, 0) is 24.1 Å². The Kier molecular flexibility index (Phi) is 6.62. The highest BCUT2D eigenvalue weighted by Crippen LogP contribution is 2.17. The summed E-state index contributed by atoms with van der Waals surface area (Å²) in [5.74, 6) is -2.43. The first-order chi connectivity index (χ1) is 12.0. The number of amides is 2. The number of aryl methyl sites for hydroxylation is 1. The second-order valence-electron chi connectivity index (χ2n) is 5.60. The van der Waals surface area contributed by atoms with E-state index in [2.05, 4.69) is 5.32 Å². The average Bonchev–Trinajstić information content (AvgIpc) is 2.60. The zero-order valence-electron chi connectivity index (χ0n) is 14.0. The number of hydrogen-bond donors (Lipinski definition) is 1. The normalized spacial score (nSPS) is 10.4. The average molecular weight is 346 g/mol. The van der Waals surface area contributed by atoms with Crippen molar-refractivity contribution in [2.45, 2.75) is 19.8 Å². The van der Waals surface area contributed by atoms with Crippen LogP contribution in [0.25, 0.3) is 0 Å². The van der Waals surface area contributed by atoms with Gasteiger partial charge in [0, 0.05) is 38.2 Å². The van der Waals surface area contributed by atoms with Crippen LogP contribution in [-0.2, 0) is 16.0 Å². The van der Waals surface area contributed by atoms with Gasteiger partial charge in [0.25, 0.3) is 0 Å². The Labute approximate surface area is 145 Å². The first kappa shape index (κ1) is 18.6. The van der Waals surface area contributed by atoms with Gasteiger partial charge in [0.15, 0.2) is 11.6 Å². The topological polar surface area (TPSA) is 49.4 Å². The minimum absolute atomic E-state index is 0.127. The van der Waals surface area contributed by atoms with Crippen molar-refractivity contribution in [2.24, 2.45) is 0 Å². The summed E-state index contributed by atoms with van der Waals surface area (Å²) in [6.07, 6.45) is 0.974. The molecule has 0 aliphatic carbocycles. The lowest BCUT2D eigenvalue weighted by molar-refractivity contribution is -0.121. The highest BCUT2D eigenvalue weighted by atomic mass is 19.2. The molecule has 0 saturated heterocycles. The summed E-state index contributed by atoms with van der Waals surface area (Å²) >= 11 is 0. The van der Waals surface area contributed by atoms with Gasteiger partial charge in [0.05, 0.1) is 0 Å². The highest BCUT2D eigenvalue weighted by Gasteiger charge is 2.14. The molecule has 0 unspecified atom stereocenters. The number of benzene rings is 2. The maximum atomic E-state index is 13.3. The second-order valence-corrected chi connectivity index (χ2v) is 5.60. The molecule has 0 bridgehead atoms. The van der Waals surface area contributed by atoms with Crippen LogP contribution in [0, 0.1) is 11.6 Å². The van der Waals surface area contributed by atoms with Crippen LogP contribution in [0.1, 0.15) is 18.9 Å². The lowest BCUT2D eigenvalue weighted by Crippen LogP contribution is -2.37. The molecule has 2 amide bonds. The van der Waals surface area contributed by atoms with Gasteiger partial charge < -0.3 is 10.2 Å². The van der Waals surface area contributed by atoms with Crippen molar-refractivity contribution in [3.63, 3.8) is 0 Å². The number of anilines is 1. The standard InChI is InChI=1S/C19H20F2N2O2/c1-14(24)23(16-8-9-17(20)18(21)13-16)12-11-22-19(25)10-7-15-5-3-2-4-6-15/h2-6,8-9,13H,7,10-12H2,1H3,(H,22,25). The molecule has 6 heteroatoms. The number of carbonyl (C=O) groups is 2. The summed E-state index contributed by atoms with van der Waals surface area (Å²) in [5.41, 5.74) is 1.33. The third kappa shape index (κ3) is 5.67. The van der Waals surface area contributed by atoms with E-state index >= 15 is 0 Å². The number of carbonyl (C=O) groups excluding carboxylic acids is 2. The molecule has 0 aliphatic rings. The third-order valence-corrected chi connectivity index (χ3v) is 3.74. The molecule has 0 aliphatic heterocycles. The molecule has 2 rings (SSSR count). The fourth-order valence-corrected chi connectivity index (χ4v) is 2.42. The molecule has 0 atom stereocenters. The number of halogens is 2. The smallest absolute Gasteiger partial charge is 0.223 e. The van der Waals surface area contributed by atoms with E-state index in [4.69, 9.17) is 0 Å². The summed E-state index contributed by atoms with van der Waals surface area (Å²) in [5, 5.41) is 2.73. The van der Waals surface area contributed by atoms with E-state index in [0.29, 0.717) is 12.8 Å². The number of nitrogens with one attached hydrogen (secondary N) is 1. The first-order valence-corrected chi connectivity index (χ1v) is 8.01. The minimum Gasteiger partial charge on any atom is -0.354 e. The molecule has 25 heavy (non-hydrogen) atoms. The lowest BCUT2D eigenvalue weighted by atomic mass is 10.1. The monoisotopic (exact) mass is 346 g/mol. The van der Waals surface area contributed by atoms with Crippen molar-refractivity contribution < 1.29 is 18.4 Å². The molecule has 0 spiro atoms. The van der Waals surface area contributed by atoms with Crippen LogP contribution in [0.4, 0.5) is 14.5 Å². The zero-order valence-corrected chi connectivity index (χ0v) is 14.0. The zero-order chi connectivity index (χ0) is 18.2. The van der Waals surface area contributed by atoms with E-state index in [9.17, 15) is 18.4 Å². The Balaban J connectivity index is 1.83. The summed E-state index contributed by atoms with van der Waals surface area (Å²) in [7, 11) is 0. The SMILES string of the molecule is CC(=O)N(CCNC(=O)CCc1ccccc1)c1ccc(F)c(F)c1. The quantitative estimate of drug-likeness (QED) is 0.838. The van der Waals surface area contributed by atoms with Crippen molar-refractivity contribution in [2.75, 3.05) is 18.0 Å². The van der Waals surface area contributed by atoms with Gasteiger partial charge in [-0.1, -0.05) is 30.3 Å². The summed E-state index contributed by atoms with van der Waals surface area (Å²) in [6, 6.07) is 12.9. The fourth-order valence-electron chi connectivity index (χ4n) is 2.42. The van der Waals surface area contributed by atoms with Crippen LogP contribution in [0.5, 0.6) is 0 Å². The van der Waals surface area contributed by atoms with Crippen LogP contribution in [0.2, 0.25) is 0 Å². The van der Waals surface area contributed by atoms with Crippen LogP contribution in [0.3, 0.4) is 0 Å². The van der Waals surface area contributed by atoms with Gasteiger partial charge in [0.1, 0.15) is 0 Å². The molecular weight excluding hydrogens is 326 g/mol. The van der Waals surface area contributed by atoms with Crippen LogP contribution >= 0.6 is 0 Å².